The lowest BCUT2D eigenvalue weighted by Crippen LogP contribution is -2.51. The fourth-order valence-electron chi connectivity index (χ4n) is 6.08. The first-order valence-corrected chi connectivity index (χ1v) is 13.5. The van der Waals surface area contributed by atoms with Crippen LogP contribution in [-0.2, 0) is 5.41 Å². The van der Waals surface area contributed by atoms with E-state index in [1.54, 1.807) is 0 Å². The molecule has 2 saturated carbocycles. The molecule has 2 N–H and O–H groups in total. The van der Waals surface area contributed by atoms with Crippen molar-refractivity contribution < 1.29 is 14.3 Å². The fraction of sp³-hybridized carbons (Fsp3) is 0.517. The fourth-order valence-corrected chi connectivity index (χ4v) is 6.26. The second-order valence-corrected chi connectivity index (χ2v) is 11.2. The van der Waals surface area contributed by atoms with E-state index in [4.69, 9.17) is 11.6 Å². The van der Waals surface area contributed by atoms with Gasteiger partial charge in [-0.05, 0) is 93.7 Å². The largest absolute Gasteiger partial charge is 0.395 e. The van der Waals surface area contributed by atoms with Gasteiger partial charge in [0.1, 0.15) is 5.82 Å². The number of aliphatic hydroxyl groups excluding tert-OH is 1. The number of carbonyl (C=O) groups is 1. The molecule has 2 amide bonds. The van der Waals surface area contributed by atoms with Gasteiger partial charge >= 0.3 is 6.03 Å². The Balaban J connectivity index is 1.51. The Kier molecular flexibility index (Phi) is 8.42. The molecule has 198 valence electrons. The molecular weight excluding hydrogens is 491 g/mol. The van der Waals surface area contributed by atoms with Crippen LogP contribution in [0, 0.1) is 23.1 Å². The van der Waals surface area contributed by atoms with E-state index < -0.39 is 5.82 Å². The zero-order valence-corrected chi connectivity index (χ0v) is 22.5. The second-order valence-electron chi connectivity index (χ2n) is 10.8. The first-order chi connectivity index (χ1) is 17.7. The number of urea groups is 1. The van der Waals surface area contributed by atoms with Crippen LogP contribution in [0.1, 0.15) is 57.6 Å². The molecule has 0 aromatic heterocycles. The number of hydrogen-bond donors (Lipinski definition) is 2. The van der Waals surface area contributed by atoms with Crippen molar-refractivity contribution in [3.05, 3.63) is 64.4 Å². The summed E-state index contributed by atoms with van der Waals surface area (Å²) in [6, 6.07) is 14.4. The molecule has 0 heterocycles. The van der Waals surface area contributed by atoms with Crippen molar-refractivity contribution in [2.75, 3.05) is 25.0 Å². The molecule has 4 rings (SSSR count). The molecule has 2 aliphatic carbocycles. The Labute approximate surface area is 224 Å². The summed E-state index contributed by atoms with van der Waals surface area (Å²) in [6.07, 6.45) is 3.79. The molecule has 0 radical (unpaired) electrons. The minimum absolute atomic E-state index is 0.0179. The van der Waals surface area contributed by atoms with Gasteiger partial charge in [0.15, 0.2) is 0 Å². The predicted octanol–water partition coefficient (Wildman–Crippen LogP) is 5.79. The van der Waals surface area contributed by atoms with E-state index in [1.165, 1.54) is 23.8 Å². The summed E-state index contributed by atoms with van der Waals surface area (Å²) in [5.74, 6) is -0.0618. The van der Waals surface area contributed by atoms with Gasteiger partial charge in [-0.3, -0.25) is 4.90 Å². The lowest BCUT2D eigenvalue weighted by molar-refractivity contribution is 0.0861. The number of aliphatic hydroxyl groups is 1. The third kappa shape index (κ3) is 5.93. The van der Waals surface area contributed by atoms with Crippen molar-refractivity contribution in [2.45, 2.75) is 70.0 Å². The predicted molar refractivity (Wildman–Crippen MR) is 144 cm³/mol. The molecule has 0 spiro atoms. The number of nitrogens with one attached hydrogen (secondary N) is 1. The molecule has 0 saturated heterocycles. The smallest absolute Gasteiger partial charge is 0.322 e. The molecule has 6 nitrogen and oxygen atoms in total. The third-order valence-corrected chi connectivity index (χ3v) is 8.53. The van der Waals surface area contributed by atoms with Crippen LogP contribution < -0.4 is 5.32 Å². The van der Waals surface area contributed by atoms with Crippen LogP contribution in [0.4, 0.5) is 14.9 Å². The number of fused-ring (bicyclic) bond motifs is 1. The molecule has 0 aliphatic heterocycles. The van der Waals surface area contributed by atoms with Gasteiger partial charge in [-0.15, -0.1) is 0 Å². The first kappa shape index (κ1) is 27.4. The zero-order chi connectivity index (χ0) is 26.7. The highest BCUT2D eigenvalue weighted by Gasteiger charge is 2.58. The Morgan fingerprint density at radius 2 is 2.05 bits per heavy atom. The number of amides is 2. The minimum atomic E-state index is -0.528. The molecule has 8 heteroatoms. The average Bonchev–Trinajstić information content (AvgIpc) is 3.63. The monoisotopic (exact) mass is 526 g/mol. The lowest BCUT2D eigenvalue weighted by Gasteiger charge is -2.39. The van der Waals surface area contributed by atoms with Gasteiger partial charge in [0, 0.05) is 36.9 Å². The van der Waals surface area contributed by atoms with Crippen LogP contribution in [0.2, 0.25) is 5.02 Å². The van der Waals surface area contributed by atoms with Gasteiger partial charge in [0.2, 0.25) is 0 Å². The van der Waals surface area contributed by atoms with Gasteiger partial charge in [-0.1, -0.05) is 23.7 Å². The average molecular weight is 527 g/mol. The van der Waals surface area contributed by atoms with E-state index in [-0.39, 0.29) is 41.2 Å². The first-order valence-electron chi connectivity index (χ1n) is 13.1. The second kappa shape index (κ2) is 11.4. The van der Waals surface area contributed by atoms with E-state index >= 15 is 0 Å². The summed E-state index contributed by atoms with van der Waals surface area (Å²) in [7, 11) is 0. The van der Waals surface area contributed by atoms with Gasteiger partial charge < -0.3 is 15.3 Å². The minimum Gasteiger partial charge on any atom is -0.395 e. The summed E-state index contributed by atoms with van der Waals surface area (Å²) in [4.78, 5) is 17.7. The zero-order valence-electron chi connectivity index (χ0n) is 21.8. The molecule has 0 bridgehead atoms. The van der Waals surface area contributed by atoms with Crippen molar-refractivity contribution in [3.8, 4) is 6.07 Å². The third-order valence-electron chi connectivity index (χ3n) is 8.24. The number of carbonyl (C=O) groups excluding carboxylic acids is 1. The summed E-state index contributed by atoms with van der Waals surface area (Å²) in [5, 5.41) is 22.0. The Morgan fingerprint density at radius 3 is 2.70 bits per heavy atom. The number of rotatable bonds is 9. The topological polar surface area (TPSA) is 79.6 Å². The van der Waals surface area contributed by atoms with Crippen LogP contribution in [0.5, 0.6) is 0 Å². The molecule has 2 unspecified atom stereocenters. The van der Waals surface area contributed by atoms with Crippen molar-refractivity contribution in [2.24, 2.45) is 5.92 Å². The molecule has 2 aromatic rings. The van der Waals surface area contributed by atoms with E-state index in [9.17, 15) is 19.6 Å². The molecular formula is C29H36ClFN4O2. The standard InChI is InChI=1S/C29H36ClFN4O2/c1-19(2)34(20(3)18-36)11-12-35(28(37)33-24-7-8-27(31)26(30)15-24)25-9-10-29(16-23(29)14-25)22-6-4-5-21(13-22)17-32/h4-8,13,15,19-20,23,25,36H,9-12,14,16,18H2,1-3H3,(H,33,37)/t20-,23?,25?,29-/m1/s1. The highest BCUT2D eigenvalue weighted by Crippen LogP contribution is 2.62. The van der Waals surface area contributed by atoms with Crippen LogP contribution in [-0.4, -0.2) is 58.8 Å². The van der Waals surface area contributed by atoms with Crippen molar-refractivity contribution >= 4 is 23.3 Å². The quantitative estimate of drug-likeness (QED) is 0.433. The maximum absolute atomic E-state index is 13.7. The van der Waals surface area contributed by atoms with E-state index in [2.05, 4.69) is 36.2 Å². The number of nitriles is 1. The summed E-state index contributed by atoms with van der Waals surface area (Å²) < 4.78 is 13.7. The Morgan fingerprint density at radius 1 is 1.27 bits per heavy atom. The van der Waals surface area contributed by atoms with E-state index in [1.807, 2.05) is 30.0 Å². The van der Waals surface area contributed by atoms with Crippen molar-refractivity contribution in [3.63, 3.8) is 0 Å². The van der Waals surface area contributed by atoms with Gasteiger partial charge in [0.25, 0.3) is 0 Å². The molecule has 2 aliphatic rings. The van der Waals surface area contributed by atoms with Gasteiger partial charge in [-0.25, -0.2) is 9.18 Å². The van der Waals surface area contributed by atoms with Crippen LogP contribution in [0.25, 0.3) is 0 Å². The number of anilines is 1. The number of nitrogens with zero attached hydrogens (tertiary/aromatic N) is 3. The van der Waals surface area contributed by atoms with Crippen LogP contribution in [0.3, 0.4) is 0 Å². The maximum Gasteiger partial charge on any atom is 0.322 e. The summed E-state index contributed by atoms with van der Waals surface area (Å²) in [6.45, 7) is 7.36. The van der Waals surface area contributed by atoms with Crippen molar-refractivity contribution in [1.29, 1.82) is 5.26 Å². The molecule has 2 fully saturated rings. The highest BCUT2D eigenvalue weighted by molar-refractivity contribution is 6.31. The summed E-state index contributed by atoms with van der Waals surface area (Å²) in [5.41, 5.74) is 2.47. The van der Waals surface area contributed by atoms with Gasteiger partial charge in [0.05, 0.1) is 23.3 Å². The molecule has 4 atom stereocenters. The highest BCUT2D eigenvalue weighted by atomic mass is 35.5. The van der Waals surface area contributed by atoms with Gasteiger partial charge in [-0.2, -0.15) is 5.26 Å². The molecule has 37 heavy (non-hydrogen) atoms. The Bertz CT molecular complexity index is 1170. The Hall–Kier alpha value is -2.66. The number of hydrogen-bond acceptors (Lipinski definition) is 4. The number of halogens is 2. The molecule has 2 aromatic carbocycles. The normalized spacial score (nSPS) is 23.3. The van der Waals surface area contributed by atoms with Crippen LogP contribution >= 0.6 is 11.6 Å². The number of benzene rings is 2. The maximum atomic E-state index is 13.7. The lowest BCUT2D eigenvalue weighted by atomic mass is 9.80. The SMILES string of the molecule is CC(C)N(CCN(C(=O)Nc1ccc(F)c(Cl)c1)C1CC[C@]2(c3cccc(C#N)c3)CC2C1)[C@H](C)CO. The summed E-state index contributed by atoms with van der Waals surface area (Å²) >= 11 is 5.94. The van der Waals surface area contributed by atoms with Crippen LogP contribution in [0.15, 0.2) is 42.5 Å². The van der Waals surface area contributed by atoms with E-state index in [0.717, 1.165) is 25.7 Å². The van der Waals surface area contributed by atoms with E-state index in [0.29, 0.717) is 30.3 Å². The van der Waals surface area contributed by atoms with Crippen molar-refractivity contribution in [1.82, 2.24) is 9.80 Å².